The average molecular weight is 1890 g/mol. The third kappa shape index (κ3) is 23.9. The number of carboxylic acid groups (broad SMARTS) is 1. The molecule has 2 aliphatic carbocycles. The summed E-state index contributed by atoms with van der Waals surface area (Å²) in [5.41, 5.74) is 9.93. The van der Waals surface area contributed by atoms with Crippen LogP contribution in [-0.2, 0) is 105 Å². The standard InChI is InChI=1S/C49H61N5O12S2.C45H58N4O10S2.2CH4/c1-8-52-38-18-14-32(3)27-36(38)47(4,5)40(52)20-15-33-28-34(16-21-41-48(6,7)37-29-35(68(63,64)65)17-19-39(37)53(41)9-2)31-49(30-33,46(59)51-25-26-67(60,61)62)45(58)50-24-12-10-11-13-44(57)66-54-42(55)22-23-43(54)56;1-8-48-36-18-14-30(3)25-34(36)43(4,5)38(48)20-15-31-26-32(16-21-39-44(6,7)35-27-33(61(57,58)59)17-19-37(35)49(39)9-2)29-45(28-31,42(53)47-23-24-60(54,55)56)41(52)46-22-12-10-11-13-40(50)51;;/h14-21,27-29H,8-13,22-26,30-31H2,1-7H3,(H3-,50,51,58,59,60,61,62,63,64,65);14-21,25-27H,8-13,22-24,28-29H2,1-7H3,(H4-,46,47,50,51,52,53,54,55,56,57,58,59);2*1H4/p+2. The Morgan fingerprint density at radius 1 is 0.450 bits per heavy atom. The molecule has 1 saturated heterocycles. The predicted molar refractivity (Wildman–Crippen MR) is 504 cm³/mol. The number of carboxylic acids is 1. The van der Waals surface area contributed by atoms with Crippen molar-refractivity contribution in [1.29, 1.82) is 0 Å². The molecule has 1 fully saturated rings. The van der Waals surface area contributed by atoms with Gasteiger partial charge in [0.25, 0.3) is 52.3 Å². The molecule has 2 unspecified atom stereocenters. The Hall–Kier alpha value is -10.7. The second kappa shape index (κ2) is 42.1. The number of benzene rings is 4. The molecule has 11 rings (SSSR count). The molecule has 9 N–H and O–H groups in total. The third-order valence-corrected chi connectivity index (χ3v) is 28.3. The van der Waals surface area contributed by atoms with Crippen LogP contribution in [0, 0.1) is 24.7 Å². The summed E-state index contributed by atoms with van der Waals surface area (Å²) in [6, 6.07) is 21.7. The lowest BCUT2D eigenvalue weighted by atomic mass is 9.70. The highest BCUT2D eigenvalue weighted by molar-refractivity contribution is 7.86. The van der Waals surface area contributed by atoms with Gasteiger partial charge in [-0.3, -0.25) is 51.8 Å². The molecule has 131 heavy (non-hydrogen) atoms. The number of likely N-dealkylation sites (N-methyl/N-ethyl adjacent to an activating group) is 2. The minimum atomic E-state index is -4.49. The smallest absolute Gasteiger partial charge is 0.333 e. The molecule has 0 radical (unpaired) electrons. The van der Waals surface area contributed by atoms with Crippen molar-refractivity contribution in [3.05, 3.63) is 201 Å². The average Bonchev–Trinajstić information content (AvgIpc) is 1.60. The van der Waals surface area contributed by atoms with Gasteiger partial charge in [-0.15, -0.1) is 5.06 Å². The molecule has 712 valence electrons. The van der Waals surface area contributed by atoms with Crippen molar-refractivity contribution in [3.63, 3.8) is 0 Å². The summed E-state index contributed by atoms with van der Waals surface area (Å²) >= 11 is 0. The van der Waals surface area contributed by atoms with E-state index >= 15 is 0 Å². The number of unbranched alkanes of at least 4 members (excludes halogenated alkanes) is 4. The van der Waals surface area contributed by atoms with Gasteiger partial charge < -0.3 is 41.0 Å². The summed E-state index contributed by atoms with van der Waals surface area (Å²) in [6.45, 7) is 30.3. The van der Waals surface area contributed by atoms with E-state index in [0.29, 0.717) is 103 Å². The number of aryl methyl sites for hydroxylation is 2. The lowest BCUT2D eigenvalue weighted by Crippen LogP contribution is -2.53. The summed E-state index contributed by atoms with van der Waals surface area (Å²) in [5, 5.41) is 20.6. The van der Waals surface area contributed by atoms with Gasteiger partial charge in [-0.2, -0.15) is 42.8 Å². The van der Waals surface area contributed by atoms with E-state index in [0.717, 1.165) is 62.3 Å². The molecule has 6 amide bonds. The van der Waals surface area contributed by atoms with Crippen LogP contribution in [0.1, 0.15) is 221 Å². The Bertz CT molecular complexity index is 5990. The van der Waals surface area contributed by atoms with E-state index < -0.39 is 140 Å². The lowest BCUT2D eigenvalue weighted by molar-refractivity contribution is -0.433. The molecule has 0 saturated carbocycles. The van der Waals surface area contributed by atoms with Crippen LogP contribution in [0.3, 0.4) is 0 Å². The number of nitrogens with zero attached hydrogens (tertiary/aromatic N) is 5. The molecule has 2 atom stereocenters. The van der Waals surface area contributed by atoms with Gasteiger partial charge in [0.05, 0.1) is 32.1 Å². The Labute approximate surface area is 771 Å². The van der Waals surface area contributed by atoms with Crippen LogP contribution in [-0.4, -0.2) is 194 Å². The fourth-order valence-electron chi connectivity index (χ4n) is 18.4. The maximum atomic E-state index is 14.7. The molecular weight excluding hydrogens is 1760 g/mol. The maximum absolute atomic E-state index is 14.7. The van der Waals surface area contributed by atoms with Gasteiger partial charge in [0.2, 0.25) is 35.0 Å². The zero-order valence-corrected chi connectivity index (χ0v) is 79.0. The SMILES string of the molecule is C.C.CCN1C(=CC=C2C=C(C=CC3=[N+](CC)c4ccc(S(=O)(=O)O)cc4C3(C)C)CC(C(=O)NCCCCCC(=O)O)(C(=O)NCCS(=O)(=O)O)C2)C(C)(C)c2cc(C)ccc21.CCN1C(=CC=C2C=C(C=CC3=[N+](CC)c4ccc(S(=O)(=O)O)cc4C3(C)C)CC(C(=O)NCCCCCC(=O)ON3C(=O)CCC3=O)(C(=O)NCCS(=O)(=O)O)C2)C(C)(C)c2cc(C)ccc21. The quantitative estimate of drug-likeness (QED) is 0.00679. The van der Waals surface area contributed by atoms with E-state index in [2.05, 4.69) is 116 Å². The summed E-state index contributed by atoms with van der Waals surface area (Å²) < 4.78 is 138. The van der Waals surface area contributed by atoms with Crippen molar-refractivity contribution in [3.8, 4) is 0 Å². The molecule has 0 spiro atoms. The van der Waals surface area contributed by atoms with Gasteiger partial charge in [0, 0.05) is 134 Å². The van der Waals surface area contributed by atoms with Gasteiger partial charge >= 0.3 is 11.9 Å². The van der Waals surface area contributed by atoms with E-state index in [1.165, 1.54) is 29.8 Å². The molecule has 4 aromatic rings. The minimum Gasteiger partial charge on any atom is -0.481 e. The number of allylic oxidation sites excluding steroid dienone is 16. The topological polar surface area (TPSA) is 447 Å². The first-order valence-corrected chi connectivity index (χ1v) is 49.6. The van der Waals surface area contributed by atoms with Crippen molar-refractivity contribution in [2.45, 2.75) is 233 Å². The van der Waals surface area contributed by atoms with Crippen LogP contribution >= 0.6 is 0 Å². The lowest BCUT2D eigenvalue weighted by Gasteiger charge is -2.35. The Morgan fingerprint density at radius 3 is 1.16 bits per heavy atom. The Balaban J connectivity index is 0.000000320. The largest absolute Gasteiger partial charge is 0.481 e. The maximum Gasteiger partial charge on any atom is 0.333 e. The first-order valence-electron chi connectivity index (χ1n) is 43.5. The Kier molecular flexibility index (Phi) is 33.9. The fourth-order valence-corrected chi connectivity index (χ4v) is 20.1. The molecule has 0 aromatic heterocycles. The molecule has 35 heteroatoms. The number of anilines is 2. The van der Waals surface area contributed by atoms with Gasteiger partial charge in [0.1, 0.15) is 23.9 Å². The number of fused-ring (bicyclic) bond motifs is 4. The highest BCUT2D eigenvalue weighted by atomic mass is 32.2. The predicted octanol–water partition coefficient (Wildman–Crippen LogP) is 13.4. The van der Waals surface area contributed by atoms with Gasteiger partial charge in [-0.1, -0.05) is 127 Å². The number of hydrogen-bond acceptors (Lipinski definition) is 19. The zero-order chi connectivity index (χ0) is 95.1. The van der Waals surface area contributed by atoms with Crippen molar-refractivity contribution >= 4 is 122 Å². The number of imide groups is 1. The molecule has 4 aromatic carbocycles. The fraction of sp³-hybridized carbons (Fsp3) is 0.479. The highest BCUT2D eigenvalue weighted by Gasteiger charge is 2.53. The van der Waals surface area contributed by atoms with Gasteiger partial charge in [-0.25, -0.2) is 4.79 Å². The van der Waals surface area contributed by atoms with Gasteiger partial charge in [-0.05, 0) is 203 Å². The summed E-state index contributed by atoms with van der Waals surface area (Å²) in [4.78, 5) is 114. The van der Waals surface area contributed by atoms with E-state index in [-0.39, 0.29) is 94.5 Å². The van der Waals surface area contributed by atoms with E-state index in [1.54, 1.807) is 12.1 Å². The van der Waals surface area contributed by atoms with Crippen LogP contribution in [0.2, 0.25) is 0 Å². The molecule has 31 nitrogen and oxygen atoms in total. The summed E-state index contributed by atoms with van der Waals surface area (Å²) in [5.74, 6) is -7.02. The number of carbonyl (C=O) groups is 8. The van der Waals surface area contributed by atoms with Crippen LogP contribution in [0.25, 0.3) is 0 Å². The molecule has 5 aliphatic heterocycles. The number of rotatable bonds is 35. The second-order valence-electron chi connectivity index (χ2n) is 35.8. The molecule has 5 heterocycles. The van der Waals surface area contributed by atoms with Crippen molar-refractivity contribution in [1.82, 2.24) is 26.3 Å². The minimum absolute atomic E-state index is 0. The first kappa shape index (κ1) is 106. The van der Waals surface area contributed by atoms with Crippen molar-refractivity contribution in [2.24, 2.45) is 10.8 Å². The molecule has 7 aliphatic rings. The van der Waals surface area contributed by atoms with Crippen LogP contribution in [0.5, 0.6) is 0 Å². The number of aliphatic carboxylic acids is 1. The number of hydroxylamine groups is 2. The van der Waals surface area contributed by atoms with Gasteiger partial charge in [0.15, 0.2) is 11.4 Å². The molecule has 0 bridgehead atoms. The Morgan fingerprint density at radius 2 is 0.817 bits per heavy atom. The first-order chi connectivity index (χ1) is 60.3. The number of carbonyl (C=O) groups excluding carboxylic acids is 7. The van der Waals surface area contributed by atoms with Crippen molar-refractivity contribution < 1.29 is 109 Å². The second-order valence-corrected chi connectivity index (χ2v) is 41.8. The van der Waals surface area contributed by atoms with Crippen LogP contribution in [0.4, 0.5) is 22.7 Å². The monoisotopic (exact) mass is 1890 g/mol. The summed E-state index contributed by atoms with van der Waals surface area (Å²) in [7, 11) is -17.9. The highest BCUT2D eigenvalue weighted by Crippen LogP contribution is 2.52. The zero-order valence-electron chi connectivity index (χ0n) is 75.7. The summed E-state index contributed by atoms with van der Waals surface area (Å²) in [6.07, 6.45) is 21.3. The normalized spacial score (nSPS) is 20.7. The number of hydrogen-bond donors (Lipinski definition) is 9. The number of amides is 6. The number of nitrogens with one attached hydrogen (secondary N) is 4. The van der Waals surface area contributed by atoms with E-state index in [1.807, 2.05) is 118 Å². The molecular formula is C96H129N9O22S4+2. The third-order valence-electron chi connectivity index (χ3n) is 25.2. The van der Waals surface area contributed by atoms with Crippen LogP contribution < -0.4 is 31.1 Å². The van der Waals surface area contributed by atoms with E-state index in [9.17, 15) is 90.2 Å². The van der Waals surface area contributed by atoms with Crippen molar-refractivity contribution in [2.75, 3.05) is 73.7 Å². The van der Waals surface area contributed by atoms with Crippen LogP contribution in [0.15, 0.2) is 177 Å². The van der Waals surface area contributed by atoms with E-state index in [4.69, 9.17) is 9.94 Å².